The lowest BCUT2D eigenvalue weighted by molar-refractivity contribution is -0.379. The maximum Gasteiger partial charge on any atom is 0.220 e. The van der Waals surface area contributed by atoms with Crippen LogP contribution in [-0.2, 0) is 33.2 Å². The molecule has 12 N–H and O–H groups in total. The average Bonchev–Trinajstić information content (AvgIpc) is 0.781. The van der Waals surface area contributed by atoms with Crippen molar-refractivity contribution in [1.29, 1.82) is 0 Å². The molecule has 0 bridgehead atoms. The molecule has 0 aromatic carbocycles. The second-order valence-corrected chi connectivity index (χ2v) is 28.8. The third-order valence-corrected chi connectivity index (χ3v) is 19.7. The van der Waals surface area contributed by atoms with Gasteiger partial charge in [-0.3, -0.25) is 4.79 Å². The molecule has 3 rings (SSSR count). The van der Waals surface area contributed by atoms with E-state index in [1.54, 1.807) is 6.08 Å². The maximum atomic E-state index is 13.5. The summed E-state index contributed by atoms with van der Waals surface area (Å²) in [6.45, 7) is 1.60. The van der Waals surface area contributed by atoms with Crippen molar-refractivity contribution in [2.75, 3.05) is 26.4 Å². The van der Waals surface area contributed by atoms with Crippen LogP contribution in [0.1, 0.15) is 284 Å². The van der Waals surface area contributed by atoms with Gasteiger partial charge in [0.25, 0.3) is 0 Å². The lowest BCUT2D eigenvalue weighted by atomic mass is 9.96. The van der Waals surface area contributed by atoms with E-state index in [1.165, 1.54) is 154 Å². The molecule has 3 heterocycles. The maximum absolute atomic E-state index is 13.5. The van der Waals surface area contributed by atoms with Crippen LogP contribution < -0.4 is 5.32 Å². The number of hydrogen-bond donors (Lipinski definition) is 12. The minimum Gasteiger partial charge on any atom is -0.394 e. The fourth-order valence-corrected chi connectivity index (χ4v) is 13.2. The Bertz CT molecular complexity index is 2370. The highest BCUT2D eigenvalue weighted by Crippen LogP contribution is 2.33. The highest BCUT2D eigenvalue weighted by molar-refractivity contribution is 5.76. The molecule has 604 valence electrons. The molecule has 0 aromatic rings. The number of carbonyl (C=O) groups excluding carboxylic acids is 1. The van der Waals surface area contributed by atoms with Gasteiger partial charge in [-0.05, 0) is 96.3 Å². The van der Waals surface area contributed by atoms with Gasteiger partial charge in [0.15, 0.2) is 18.9 Å². The molecule has 0 saturated carbocycles. The second kappa shape index (κ2) is 65.0. The first kappa shape index (κ1) is 95.4. The van der Waals surface area contributed by atoms with E-state index in [2.05, 4.69) is 129 Å². The van der Waals surface area contributed by atoms with Crippen LogP contribution in [0.5, 0.6) is 0 Å². The summed E-state index contributed by atoms with van der Waals surface area (Å²) in [5.41, 5.74) is 0. The Morgan fingerprint density at radius 1 is 0.352 bits per heavy atom. The minimum absolute atomic E-state index is 0.198. The van der Waals surface area contributed by atoms with Crippen molar-refractivity contribution in [3.05, 3.63) is 122 Å². The quantitative estimate of drug-likeness (QED) is 0.0199. The third-order valence-electron chi connectivity index (χ3n) is 19.7. The number of aliphatic hydroxyl groups is 11. The predicted molar refractivity (Wildman–Crippen MR) is 420 cm³/mol. The molecule has 3 saturated heterocycles. The van der Waals surface area contributed by atoms with Crippen molar-refractivity contribution in [2.45, 2.75) is 388 Å². The SMILES string of the molecule is CC/C=C\C/C=C\C/C=C\C/C=C\C/C=C\C/C=C\C/C=C\C/C=C\CCCCCCC(=O)NC(COC1OC(CO)C(OC2OC(CO)C(OC3OC(CO)C(O)C(O)C3O)C(O)C2O)C(O)C1O)C(O)/C=C/CC/C=C/CCCCCCCCCCCCCCCCCCCCCCCCCCC. The molecule has 19 nitrogen and oxygen atoms in total. The van der Waals surface area contributed by atoms with Gasteiger partial charge in [-0.2, -0.15) is 0 Å². The van der Waals surface area contributed by atoms with Crippen LogP contribution in [-0.4, -0.2) is 193 Å². The molecule has 3 aliphatic heterocycles. The van der Waals surface area contributed by atoms with Gasteiger partial charge in [-0.25, -0.2) is 0 Å². The molecule has 3 fully saturated rings. The van der Waals surface area contributed by atoms with Crippen LogP contribution in [0.15, 0.2) is 122 Å². The number of unbranched alkanes of at least 4 members (excludes halogenated alkanes) is 30. The van der Waals surface area contributed by atoms with Crippen LogP contribution in [0, 0.1) is 0 Å². The Morgan fingerprint density at radius 2 is 0.667 bits per heavy atom. The summed E-state index contributed by atoms with van der Waals surface area (Å²) in [6, 6.07) is -1.02. The first-order valence-electron chi connectivity index (χ1n) is 41.3. The zero-order chi connectivity index (χ0) is 76.0. The van der Waals surface area contributed by atoms with Crippen molar-refractivity contribution in [3.8, 4) is 0 Å². The van der Waals surface area contributed by atoms with E-state index in [0.717, 1.165) is 96.3 Å². The molecule has 17 atom stereocenters. The zero-order valence-electron chi connectivity index (χ0n) is 64.7. The monoisotopic (exact) mass is 1480 g/mol. The number of amides is 1. The Hall–Kier alpha value is -3.81. The number of ether oxygens (including phenoxy) is 6. The number of rotatable bonds is 64. The van der Waals surface area contributed by atoms with Crippen molar-refractivity contribution in [3.63, 3.8) is 0 Å². The van der Waals surface area contributed by atoms with Crippen LogP contribution >= 0.6 is 0 Å². The van der Waals surface area contributed by atoms with Gasteiger partial charge in [0.1, 0.15) is 73.2 Å². The van der Waals surface area contributed by atoms with Gasteiger partial charge in [-0.1, -0.05) is 302 Å². The van der Waals surface area contributed by atoms with Gasteiger partial charge in [0.2, 0.25) is 5.91 Å². The summed E-state index contributed by atoms with van der Waals surface area (Å²) in [7, 11) is 0. The first-order valence-corrected chi connectivity index (χ1v) is 41.3. The topological polar surface area (TPSA) is 307 Å². The molecule has 1 amide bonds. The van der Waals surface area contributed by atoms with E-state index in [1.807, 2.05) is 6.08 Å². The Kier molecular flexibility index (Phi) is 59.0. The molecule has 0 aromatic heterocycles. The Labute approximate surface area is 633 Å². The van der Waals surface area contributed by atoms with E-state index < -0.39 is 124 Å². The molecule has 17 unspecified atom stereocenters. The summed E-state index contributed by atoms with van der Waals surface area (Å²) in [5, 5.41) is 121. The predicted octanol–water partition coefficient (Wildman–Crippen LogP) is 14.3. The minimum atomic E-state index is -1.99. The first-order chi connectivity index (χ1) is 51.3. The zero-order valence-corrected chi connectivity index (χ0v) is 64.7. The van der Waals surface area contributed by atoms with Crippen LogP contribution in [0.2, 0.25) is 0 Å². The van der Waals surface area contributed by atoms with Gasteiger partial charge >= 0.3 is 0 Å². The number of nitrogens with one attached hydrogen (secondary N) is 1. The van der Waals surface area contributed by atoms with Gasteiger partial charge in [0, 0.05) is 6.42 Å². The molecule has 0 aliphatic carbocycles. The normalized spacial score (nSPS) is 26.4. The van der Waals surface area contributed by atoms with E-state index in [4.69, 9.17) is 28.4 Å². The van der Waals surface area contributed by atoms with Gasteiger partial charge < -0.3 is 89.9 Å². The lowest BCUT2D eigenvalue weighted by Gasteiger charge is -2.48. The Morgan fingerprint density at radius 3 is 1.07 bits per heavy atom. The molecule has 19 heteroatoms. The molecule has 105 heavy (non-hydrogen) atoms. The summed E-state index contributed by atoms with van der Waals surface area (Å²) in [6.07, 6.45) is 64.7. The summed E-state index contributed by atoms with van der Waals surface area (Å²) in [4.78, 5) is 13.5. The molecule has 0 radical (unpaired) electrons. The molecular weight excluding hydrogens is 1330 g/mol. The van der Waals surface area contributed by atoms with E-state index in [0.29, 0.717) is 12.8 Å². The standard InChI is InChI=1S/C86H147NO18/c1-3-5-7-9-11-13-15-17-19-21-23-25-27-29-31-33-34-36-37-39-41-43-45-47-49-51-53-55-57-59-61-63-70(91)69(87-74(92)64-62-60-58-56-54-52-50-48-46-44-42-40-38-35-32-30-28-26-24-22-20-18-16-14-12-10-8-6-4-2)68-100-84-80(98)77(95)82(72(66-89)102-84)105-86-81(99)78(96)83(73(67-90)103-86)104-85-79(97)76(94)75(93)71(65-88)101-85/h6,8,12,14,18,20,24,26,30,32,38,40,44,46,50,52-53,55,61,63,69-73,75-86,88-91,93-99H,3-5,7,9-11,13,15-17,19,21-23,25,27-29,31,33-37,39,41-43,45,47-49,51,54,56-60,62,64-68H2,1-2H3,(H,87,92)/b8-6-,14-12-,20-18-,26-24-,32-30-,40-38-,46-44-,52-50-,55-53+,63-61+. The highest BCUT2D eigenvalue weighted by atomic mass is 16.8. The van der Waals surface area contributed by atoms with Crippen molar-refractivity contribution in [1.82, 2.24) is 5.32 Å². The second-order valence-electron chi connectivity index (χ2n) is 28.8. The summed E-state index contributed by atoms with van der Waals surface area (Å²) >= 11 is 0. The highest BCUT2D eigenvalue weighted by Gasteiger charge is 2.54. The van der Waals surface area contributed by atoms with E-state index in [9.17, 15) is 61.0 Å². The van der Waals surface area contributed by atoms with E-state index >= 15 is 0 Å². The smallest absolute Gasteiger partial charge is 0.220 e. The molecule has 0 spiro atoms. The van der Waals surface area contributed by atoms with Crippen molar-refractivity contribution >= 4 is 5.91 Å². The fourth-order valence-electron chi connectivity index (χ4n) is 13.2. The van der Waals surface area contributed by atoms with Crippen molar-refractivity contribution in [2.24, 2.45) is 0 Å². The number of allylic oxidation sites excluding steroid dienone is 19. The summed E-state index contributed by atoms with van der Waals surface area (Å²) in [5.74, 6) is -0.312. The summed E-state index contributed by atoms with van der Waals surface area (Å²) < 4.78 is 34.4. The van der Waals surface area contributed by atoms with Crippen LogP contribution in [0.4, 0.5) is 0 Å². The van der Waals surface area contributed by atoms with Crippen molar-refractivity contribution < 1.29 is 89.4 Å². The largest absolute Gasteiger partial charge is 0.394 e. The van der Waals surface area contributed by atoms with Crippen LogP contribution in [0.3, 0.4) is 0 Å². The molecular formula is C86H147NO18. The molecule has 3 aliphatic rings. The number of aliphatic hydroxyl groups excluding tert-OH is 11. The number of hydrogen-bond acceptors (Lipinski definition) is 18. The average molecular weight is 1480 g/mol. The van der Waals surface area contributed by atoms with Gasteiger partial charge in [0.05, 0.1) is 38.6 Å². The van der Waals surface area contributed by atoms with Crippen LogP contribution in [0.25, 0.3) is 0 Å². The fraction of sp³-hybridized carbons (Fsp3) is 0.756. The lowest BCUT2D eigenvalue weighted by Crippen LogP contribution is -2.66. The Balaban J connectivity index is 1.40. The van der Waals surface area contributed by atoms with E-state index in [-0.39, 0.29) is 18.9 Å². The number of carbonyl (C=O) groups is 1. The van der Waals surface area contributed by atoms with Gasteiger partial charge in [-0.15, -0.1) is 0 Å². The third kappa shape index (κ3) is 44.6.